The summed E-state index contributed by atoms with van der Waals surface area (Å²) in [6.45, 7) is 5.61. The summed E-state index contributed by atoms with van der Waals surface area (Å²) in [5.41, 5.74) is 26.1. The van der Waals surface area contributed by atoms with Crippen LogP contribution in [0.25, 0.3) is 21.8 Å². The first-order chi connectivity index (χ1) is 63.3. The third-order valence-electron chi connectivity index (χ3n) is 24.3. The van der Waals surface area contributed by atoms with Gasteiger partial charge in [-0.25, -0.2) is 0 Å². The van der Waals surface area contributed by atoms with Crippen LogP contribution in [-0.4, -0.2) is 301 Å². The third kappa shape index (κ3) is 29.6. The second kappa shape index (κ2) is 50.7. The zero-order valence-corrected chi connectivity index (χ0v) is 77.3. The molecule has 5 heterocycles. The number of para-hydroxylation sites is 2. The van der Waals surface area contributed by atoms with Crippen molar-refractivity contribution < 1.29 is 91.7 Å². The Labute approximate surface area is 775 Å². The van der Waals surface area contributed by atoms with Gasteiger partial charge in [-0.3, -0.25) is 86.9 Å². The van der Waals surface area contributed by atoms with Crippen LogP contribution in [0, 0.1) is 34.5 Å². The molecule has 15 amide bonds. The number of likely N-dealkylation sites (N-methyl/N-ethyl adjacent to an activating group) is 3. The molecule has 133 heavy (non-hydrogen) atoms. The van der Waals surface area contributed by atoms with E-state index < -0.39 is 254 Å². The lowest BCUT2D eigenvalue weighted by atomic mass is 9.88. The van der Waals surface area contributed by atoms with E-state index in [0.29, 0.717) is 64.2 Å². The number of carbonyl (C=O) groups is 17. The van der Waals surface area contributed by atoms with Gasteiger partial charge in [0, 0.05) is 125 Å². The van der Waals surface area contributed by atoms with E-state index in [4.69, 9.17) is 28.3 Å². The maximum absolute atomic E-state index is 15.8. The number of nitriles is 1. The number of nitrogens with zero attached hydrogens (tertiary/aromatic N) is 6. The number of aromatic amines is 2. The molecule has 5 aromatic rings. The second-order valence-electron chi connectivity index (χ2n) is 34.7. The fourth-order valence-corrected chi connectivity index (χ4v) is 17.7. The van der Waals surface area contributed by atoms with E-state index in [1.165, 1.54) is 62.1 Å². The van der Waals surface area contributed by atoms with Crippen LogP contribution in [-0.2, 0) is 101 Å². The number of fused-ring (bicyclic) bond motifs is 4. The average Bonchev–Trinajstić information content (AvgIpc) is 1.78. The second-order valence-corrected chi connectivity index (χ2v) is 35.7. The quantitative estimate of drug-likeness (QED) is 0.0178. The largest absolute Gasteiger partial charge is 0.394 e. The Balaban J connectivity index is 1.19. The molecule has 22 N–H and O–H groups in total. The third-order valence-corrected chi connectivity index (χ3v) is 25.4. The molecule has 2 aromatic heterocycles. The zero-order valence-electron chi connectivity index (χ0n) is 76.4. The number of guanidine groups is 1. The van der Waals surface area contributed by atoms with E-state index >= 15 is 33.6 Å². The first-order valence-electron chi connectivity index (χ1n) is 45.0. The molecule has 0 bridgehead atoms. The summed E-state index contributed by atoms with van der Waals surface area (Å²) in [6, 6.07) is 4.00. The fraction of sp³-hybridized carbons (Fsp3) is 0.549. The number of hydrogen-bond acceptors (Lipinski definition) is 23. The smallest absolute Gasteiger partial charge is 0.246 e. The van der Waals surface area contributed by atoms with Gasteiger partial charge in [0.15, 0.2) is 17.5 Å². The topological polar surface area (TPSA) is 638 Å². The van der Waals surface area contributed by atoms with Crippen molar-refractivity contribution in [3.63, 3.8) is 0 Å². The number of unbranched alkanes of at least 4 members (excludes halogenated alkanes) is 2. The van der Waals surface area contributed by atoms with Crippen molar-refractivity contribution in [3.05, 3.63) is 107 Å². The number of aliphatic hydroxyl groups excluding tert-OH is 2. The Kier molecular flexibility index (Phi) is 40.2. The minimum Gasteiger partial charge on any atom is -0.394 e. The Morgan fingerprint density at radius 2 is 1.16 bits per heavy atom. The van der Waals surface area contributed by atoms with Crippen LogP contribution in [0.2, 0.25) is 0 Å². The Hall–Kier alpha value is -12.9. The van der Waals surface area contributed by atoms with Gasteiger partial charge in [0.2, 0.25) is 88.6 Å². The number of primary amides is 2. The highest BCUT2D eigenvalue weighted by Gasteiger charge is 2.47. The van der Waals surface area contributed by atoms with Gasteiger partial charge >= 0.3 is 0 Å². The lowest BCUT2D eigenvalue weighted by molar-refractivity contribution is -0.150. The average molecular weight is 1870 g/mol. The number of aromatic nitrogens is 2. The zero-order chi connectivity index (χ0) is 97.6. The van der Waals surface area contributed by atoms with Gasteiger partial charge < -0.3 is 115 Å². The number of benzene rings is 3. The Morgan fingerprint density at radius 1 is 0.586 bits per heavy atom. The first kappa shape index (κ1) is 105. The molecule has 0 spiro atoms. The molecule has 3 aliphatic rings. The number of hydrogen-bond donors (Lipinski definition) is 18. The van der Waals surface area contributed by atoms with Crippen molar-refractivity contribution in [1.29, 1.82) is 10.7 Å². The van der Waals surface area contributed by atoms with Crippen molar-refractivity contribution in [3.8, 4) is 6.07 Å². The van der Waals surface area contributed by atoms with Gasteiger partial charge in [-0.2, -0.15) is 5.26 Å². The van der Waals surface area contributed by atoms with Gasteiger partial charge in [0.25, 0.3) is 0 Å². The van der Waals surface area contributed by atoms with Crippen molar-refractivity contribution >= 4 is 140 Å². The molecule has 0 unspecified atom stereocenters. The Bertz CT molecular complexity index is 5060. The minimum atomic E-state index is -1.77. The molecule has 8 rings (SSSR count). The maximum atomic E-state index is 15.8. The molecule has 0 aliphatic carbocycles. The van der Waals surface area contributed by atoms with Crippen LogP contribution in [0.5, 0.6) is 0 Å². The molecule has 42 heteroatoms. The number of nitrogens with one attached hydrogen (secondary N) is 12. The first-order valence-corrected chi connectivity index (χ1v) is 46.1. The van der Waals surface area contributed by atoms with Crippen molar-refractivity contribution in [2.45, 2.75) is 229 Å². The maximum Gasteiger partial charge on any atom is 0.246 e. The summed E-state index contributed by atoms with van der Waals surface area (Å²) in [5.74, 6) is -19.7. The molecule has 0 radical (unpaired) electrons. The predicted molar refractivity (Wildman–Crippen MR) is 492 cm³/mol. The van der Waals surface area contributed by atoms with Crippen LogP contribution in [0.15, 0.2) is 85.2 Å². The Morgan fingerprint density at radius 3 is 1.75 bits per heavy atom. The molecular formula is C91H128N22O19S. The molecule has 3 aromatic carbocycles. The highest BCUT2D eigenvalue weighted by Crippen LogP contribution is 2.31. The highest BCUT2D eigenvalue weighted by molar-refractivity contribution is 8.00. The van der Waals surface area contributed by atoms with Gasteiger partial charge in [-0.15, -0.1) is 11.8 Å². The van der Waals surface area contributed by atoms with Crippen LogP contribution < -0.4 is 70.8 Å². The number of nitrogens with two attached hydrogens (primary N) is 4. The summed E-state index contributed by atoms with van der Waals surface area (Å²) in [4.78, 5) is 261. The summed E-state index contributed by atoms with van der Waals surface area (Å²) in [6.07, 6.45) is 0.631. The molecule has 3 fully saturated rings. The lowest BCUT2D eigenvalue weighted by Gasteiger charge is -2.36. The highest BCUT2D eigenvalue weighted by atomic mass is 32.2. The summed E-state index contributed by atoms with van der Waals surface area (Å²) in [5, 5.41) is 65.0. The number of carbonyl (C=O) groups excluding carboxylic acids is 17. The summed E-state index contributed by atoms with van der Waals surface area (Å²) < 4.78 is 0. The molecule has 0 saturated carbocycles. The predicted octanol–water partition coefficient (Wildman–Crippen LogP) is -1.59. The molecule has 3 saturated heterocycles. The van der Waals surface area contributed by atoms with Gasteiger partial charge in [0.1, 0.15) is 66.5 Å². The summed E-state index contributed by atoms with van der Waals surface area (Å²) in [7, 11) is 3.96. The van der Waals surface area contributed by atoms with Gasteiger partial charge in [0.05, 0.1) is 49.1 Å². The van der Waals surface area contributed by atoms with E-state index in [1.54, 1.807) is 74.8 Å². The number of aliphatic hydroxyl groups is 2. The number of amides is 15. The van der Waals surface area contributed by atoms with Crippen molar-refractivity contribution in [2.75, 3.05) is 72.0 Å². The van der Waals surface area contributed by atoms with Crippen molar-refractivity contribution in [2.24, 2.45) is 40.7 Å². The molecule has 41 nitrogen and oxygen atoms in total. The van der Waals surface area contributed by atoms with E-state index in [9.17, 15) is 63.4 Å². The number of thioether (sulfide) groups is 1. The van der Waals surface area contributed by atoms with Crippen LogP contribution in [0.1, 0.15) is 153 Å². The van der Waals surface area contributed by atoms with Crippen LogP contribution in [0.4, 0.5) is 0 Å². The van der Waals surface area contributed by atoms with Gasteiger partial charge in [-0.1, -0.05) is 102 Å². The van der Waals surface area contributed by atoms with E-state index in [1.807, 2.05) is 19.9 Å². The molecule has 3 aliphatic heterocycles. The van der Waals surface area contributed by atoms with E-state index in [2.05, 4.69) is 57.8 Å². The fourth-order valence-electron chi connectivity index (χ4n) is 16.8. The van der Waals surface area contributed by atoms with Gasteiger partial charge in [-0.05, 0) is 112 Å². The summed E-state index contributed by atoms with van der Waals surface area (Å²) >= 11 is 0.765. The number of ketones is 2. The minimum absolute atomic E-state index is 0.00559. The monoisotopic (exact) mass is 1860 g/mol. The van der Waals surface area contributed by atoms with E-state index in [-0.39, 0.29) is 95.2 Å². The lowest BCUT2D eigenvalue weighted by Crippen LogP contribution is -2.61. The SMILES string of the molecule is CCCC[C@H]1C(=O)N(C)[C@@H](CCCC)C(=O)N[C@@H](CCCNC(=N)N)C(=O)N[C@H](C(=O)NCC(N)=O)CSCC(=O)N[C@@H](Cc2ccc(C#N)cc2)C(=O)N(C)[C@@H](C)C(=O)N[C@@H](CC(N)=O)C(=O)N2CCC[C@H]2C(=O)N[C@@H](CN)C(=O)N[C@@H](CC(C)C)C(=O)N2C[C@H](O)C[C@H]2C(=O)C[C@@H](Cc2c[nH]c3ccccc23)C(=O)N[C@@H](CO)C(=O)C[C@@H](Cc2c[nH]c3ccccc23)C(=O)N1C. The molecule has 722 valence electrons. The normalized spacial score (nSPS) is 25.0. The molecule has 15 atom stereocenters. The van der Waals surface area contributed by atoms with Crippen LogP contribution >= 0.6 is 11.8 Å². The molecular weight excluding hydrogens is 1740 g/mol. The number of Topliss-reactive ketones (excluding diaryl/α,β-unsaturated/α-hetero) is 2. The van der Waals surface area contributed by atoms with Crippen molar-refractivity contribution in [1.82, 2.24) is 82.3 Å². The number of H-pyrrole nitrogens is 2. The standard InChI is InChI=1S/C91H128N22O19S/c1-9-11-24-70-84(126)103-63(23-17-31-98-91(96)97)82(124)108-69(81(123)101-45-77(95)119)48-133-49-78(120)102-65(34-52-27-29-53(41-92)30-28-52)87(129)109(6)51(5)79(121)104-66(40-76(94)118)88(130)112-32-18-26-71(112)85(127)106-67(42-93)83(125)105-64(33-50(3)4)89(131)113-46-58(115)39-73(113)75(117)37-54(35-56-43-99-61-21-15-13-19-59(56)61)80(122)107-68(47-114)74(116)38-55(36-57-44-100-62-22-16-14-20-60(57)62)86(128)111(8)72(25-12-10-2)90(132)110(70)7/h13-16,19-22,27-30,43-44,50-51,54-55,58,63-73,99-100,114-115H,9-12,17-18,23-26,31-40,42,45-49,93H2,1-8H3,(H2,94,118)(H2,95,119)(H,101,123)(H,102,120)(H,103,126)(H,104,121)(H,105,125)(H,106,127)(H,107,122)(H,108,124)(H4,96,97,98)/t51-,54+,55+,58+,63-,64-,65-,66-,67-,68-,69-,70-,71-,72-,73-/m0/s1. The number of rotatable bonds is 25. The van der Waals surface area contributed by atoms with Crippen LogP contribution in [0.3, 0.4) is 0 Å². The van der Waals surface area contributed by atoms with E-state index in [0.717, 1.165) is 26.5 Å².